The molecule has 15 heavy (non-hydrogen) atoms. The summed E-state index contributed by atoms with van der Waals surface area (Å²) >= 11 is 0. The van der Waals surface area contributed by atoms with Crippen molar-refractivity contribution in [3.8, 4) is 12.8 Å². The first-order valence-electron chi connectivity index (χ1n) is 4.86. The molecule has 0 saturated heterocycles. The molecule has 1 aromatic heterocycles. The molecule has 2 rings (SSSR count). The molecule has 0 amide bonds. The average Bonchev–Trinajstić information content (AvgIpc) is 2.59. The van der Waals surface area contributed by atoms with Gasteiger partial charge in [0, 0.05) is 22.2 Å². The van der Waals surface area contributed by atoms with Crippen molar-refractivity contribution in [1.82, 2.24) is 4.98 Å². The summed E-state index contributed by atoms with van der Waals surface area (Å²) in [5.41, 5.74) is 3.76. The minimum atomic E-state index is 1.22. The van der Waals surface area contributed by atoms with Crippen molar-refractivity contribution in [3.63, 3.8) is 0 Å². The maximum absolute atomic E-state index is 4.00. The monoisotopic (exact) mass is 197 g/mol. The van der Waals surface area contributed by atoms with Crippen LogP contribution in [0.5, 0.6) is 0 Å². The SMILES string of the molecule is C#C.C/C=C\c1c(C)[nH]c2ccccc12. The van der Waals surface area contributed by atoms with Crippen LogP contribution in [0.4, 0.5) is 0 Å². The molecular weight excluding hydrogens is 182 g/mol. The summed E-state index contributed by atoms with van der Waals surface area (Å²) < 4.78 is 0. The molecule has 1 heterocycles. The van der Waals surface area contributed by atoms with Crippen molar-refractivity contribution in [3.05, 3.63) is 41.6 Å². The van der Waals surface area contributed by atoms with Crippen LogP contribution < -0.4 is 0 Å². The van der Waals surface area contributed by atoms with E-state index in [9.17, 15) is 0 Å². The zero-order valence-corrected chi connectivity index (χ0v) is 9.12. The Bertz CT molecular complexity index is 486. The minimum Gasteiger partial charge on any atom is -0.358 e. The molecule has 0 atom stereocenters. The molecule has 1 heteroatoms. The summed E-state index contributed by atoms with van der Waals surface area (Å²) in [6, 6.07) is 8.38. The predicted octanol–water partition coefficient (Wildman–Crippen LogP) is 3.76. The van der Waals surface area contributed by atoms with E-state index in [1.54, 1.807) is 0 Å². The quantitative estimate of drug-likeness (QED) is 0.670. The number of aryl methyl sites for hydroxylation is 1. The summed E-state index contributed by atoms with van der Waals surface area (Å²) in [4.78, 5) is 3.36. The van der Waals surface area contributed by atoms with Gasteiger partial charge < -0.3 is 4.98 Å². The van der Waals surface area contributed by atoms with Gasteiger partial charge in [0.25, 0.3) is 0 Å². The highest BCUT2D eigenvalue weighted by Crippen LogP contribution is 2.22. The minimum absolute atomic E-state index is 1.22. The second-order valence-corrected chi connectivity index (χ2v) is 3.21. The van der Waals surface area contributed by atoms with Crippen LogP contribution in [-0.4, -0.2) is 4.98 Å². The number of aromatic nitrogens is 1. The third-order valence-electron chi connectivity index (χ3n) is 2.28. The van der Waals surface area contributed by atoms with E-state index in [2.05, 4.69) is 61.2 Å². The summed E-state index contributed by atoms with van der Waals surface area (Å²) in [6.45, 7) is 4.15. The zero-order valence-electron chi connectivity index (χ0n) is 9.12. The van der Waals surface area contributed by atoms with Crippen LogP contribution in [0.25, 0.3) is 17.0 Å². The molecule has 0 saturated carbocycles. The fourth-order valence-electron chi connectivity index (χ4n) is 1.68. The summed E-state index contributed by atoms with van der Waals surface area (Å²) in [7, 11) is 0. The van der Waals surface area contributed by atoms with Crippen molar-refractivity contribution in [2.24, 2.45) is 0 Å². The Morgan fingerprint density at radius 2 is 1.87 bits per heavy atom. The van der Waals surface area contributed by atoms with E-state index in [1.165, 1.54) is 22.2 Å². The summed E-state index contributed by atoms with van der Waals surface area (Å²) in [5, 5.41) is 1.30. The first-order chi connectivity index (χ1) is 7.33. The zero-order chi connectivity index (χ0) is 11.3. The standard InChI is InChI=1S/C12H13N.C2H2/c1-3-6-10-9(2)13-12-8-5-4-7-11(10)12;1-2/h3-8,13H,1-2H3;1-2H/b6-3-;. The average molecular weight is 197 g/mol. The topological polar surface area (TPSA) is 15.8 Å². The molecule has 2 aromatic rings. The van der Waals surface area contributed by atoms with Crippen LogP contribution in [0.1, 0.15) is 18.2 Å². The number of hydrogen-bond donors (Lipinski definition) is 1. The van der Waals surface area contributed by atoms with Gasteiger partial charge in [-0.3, -0.25) is 0 Å². The van der Waals surface area contributed by atoms with Gasteiger partial charge in [-0.15, -0.1) is 12.8 Å². The van der Waals surface area contributed by atoms with E-state index in [4.69, 9.17) is 0 Å². The highest BCUT2D eigenvalue weighted by atomic mass is 14.7. The third-order valence-corrected chi connectivity index (χ3v) is 2.28. The first kappa shape index (κ1) is 11.1. The Morgan fingerprint density at radius 1 is 1.20 bits per heavy atom. The van der Waals surface area contributed by atoms with E-state index in [-0.39, 0.29) is 0 Å². The molecule has 1 N–H and O–H groups in total. The lowest BCUT2D eigenvalue weighted by molar-refractivity contribution is 1.29. The lowest BCUT2D eigenvalue weighted by Gasteiger charge is -1.90. The van der Waals surface area contributed by atoms with Crippen molar-refractivity contribution in [2.45, 2.75) is 13.8 Å². The number of aromatic amines is 1. The molecular formula is C14H15N. The van der Waals surface area contributed by atoms with Gasteiger partial charge in [-0.25, -0.2) is 0 Å². The number of rotatable bonds is 1. The summed E-state index contributed by atoms with van der Waals surface area (Å²) in [5.74, 6) is 0. The van der Waals surface area contributed by atoms with Crippen LogP contribution in [0.2, 0.25) is 0 Å². The van der Waals surface area contributed by atoms with Crippen molar-refractivity contribution in [1.29, 1.82) is 0 Å². The van der Waals surface area contributed by atoms with E-state index >= 15 is 0 Å². The molecule has 0 unspecified atom stereocenters. The van der Waals surface area contributed by atoms with Gasteiger partial charge >= 0.3 is 0 Å². The molecule has 0 aliphatic rings. The van der Waals surface area contributed by atoms with Gasteiger partial charge in [-0.1, -0.05) is 30.4 Å². The Kier molecular flexibility index (Phi) is 3.76. The van der Waals surface area contributed by atoms with E-state index in [0.29, 0.717) is 0 Å². The lowest BCUT2D eigenvalue weighted by Crippen LogP contribution is -1.72. The van der Waals surface area contributed by atoms with Crippen LogP contribution in [0.3, 0.4) is 0 Å². The van der Waals surface area contributed by atoms with Crippen LogP contribution in [0.15, 0.2) is 30.3 Å². The number of H-pyrrole nitrogens is 1. The largest absolute Gasteiger partial charge is 0.358 e. The maximum Gasteiger partial charge on any atom is 0.0462 e. The highest BCUT2D eigenvalue weighted by Gasteiger charge is 2.02. The van der Waals surface area contributed by atoms with Crippen LogP contribution in [-0.2, 0) is 0 Å². The van der Waals surface area contributed by atoms with Crippen LogP contribution in [0, 0.1) is 19.8 Å². The van der Waals surface area contributed by atoms with Crippen molar-refractivity contribution < 1.29 is 0 Å². The lowest BCUT2D eigenvalue weighted by atomic mass is 10.1. The number of nitrogens with one attached hydrogen (secondary N) is 1. The fraction of sp³-hybridized carbons (Fsp3) is 0.143. The maximum atomic E-state index is 4.00. The van der Waals surface area contributed by atoms with Crippen LogP contribution >= 0.6 is 0 Å². The number of terminal acetylenes is 1. The number of para-hydroxylation sites is 1. The number of hydrogen-bond acceptors (Lipinski definition) is 0. The van der Waals surface area contributed by atoms with Gasteiger partial charge in [-0.2, -0.15) is 0 Å². The van der Waals surface area contributed by atoms with Crippen molar-refractivity contribution >= 4 is 17.0 Å². The van der Waals surface area contributed by atoms with Crippen molar-refractivity contribution in [2.75, 3.05) is 0 Å². The van der Waals surface area contributed by atoms with Gasteiger partial charge in [0.15, 0.2) is 0 Å². The molecule has 0 fully saturated rings. The van der Waals surface area contributed by atoms with Gasteiger partial charge in [0.2, 0.25) is 0 Å². The molecule has 76 valence electrons. The molecule has 0 aliphatic heterocycles. The highest BCUT2D eigenvalue weighted by molar-refractivity contribution is 5.90. The molecule has 0 spiro atoms. The molecule has 0 aliphatic carbocycles. The Balaban J connectivity index is 0.000000531. The second kappa shape index (κ2) is 5.07. The third kappa shape index (κ3) is 2.11. The Hall–Kier alpha value is -1.94. The molecule has 1 aromatic carbocycles. The number of benzene rings is 1. The Morgan fingerprint density at radius 3 is 2.53 bits per heavy atom. The van der Waals surface area contributed by atoms with E-state index in [1.807, 2.05) is 6.92 Å². The van der Waals surface area contributed by atoms with E-state index < -0.39 is 0 Å². The molecule has 1 nitrogen and oxygen atoms in total. The van der Waals surface area contributed by atoms with Gasteiger partial charge in [0.1, 0.15) is 0 Å². The fourth-order valence-corrected chi connectivity index (χ4v) is 1.68. The normalized spacial score (nSPS) is 10.1. The molecule has 0 bridgehead atoms. The smallest absolute Gasteiger partial charge is 0.0462 e. The summed E-state index contributed by atoms with van der Waals surface area (Å²) in [6.07, 6.45) is 12.2. The van der Waals surface area contributed by atoms with Gasteiger partial charge in [0.05, 0.1) is 0 Å². The second-order valence-electron chi connectivity index (χ2n) is 3.21. The number of fused-ring (bicyclic) bond motifs is 1. The van der Waals surface area contributed by atoms with E-state index in [0.717, 1.165) is 0 Å². The first-order valence-corrected chi connectivity index (χ1v) is 4.86. The molecule has 0 radical (unpaired) electrons. The Labute approximate surface area is 90.8 Å². The number of allylic oxidation sites excluding steroid dienone is 1. The van der Waals surface area contributed by atoms with Gasteiger partial charge in [-0.05, 0) is 19.9 Å². The predicted molar refractivity (Wildman–Crippen MR) is 67.6 cm³/mol.